The van der Waals surface area contributed by atoms with Gasteiger partial charge in [0.25, 0.3) is 5.69 Å². The SMILES string of the molecule is O=c1onc(-c2nonc2[N+](=O)[O-])n1C1Cc2ccccc21. The Labute approximate surface area is 121 Å². The number of nitro groups is 1. The molecule has 4 rings (SSSR count). The predicted molar refractivity (Wildman–Crippen MR) is 69.0 cm³/mol. The Kier molecular flexibility index (Phi) is 2.46. The van der Waals surface area contributed by atoms with Gasteiger partial charge in [-0.1, -0.05) is 29.4 Å². The minimum absolute atomic E-state index is 0.0718. The highest BCUT2D eigenvalue weighted by Crippen LogP contribution is 2.37. The third-order valence-electron chi connectivity index (χ3n) is 3.63. The van der Waals surface area contributed by atoms with E-state index in [4.69, 9.17) is 0 Å². The van der Waals surface area contributed by atoms with Crippen molar-refractivity contribution in [3.8, 4) is 11.5 Å². The zero-order chi connectivity index (χ0) is 15.3. The van der Waals surface area contributed by atoms with Gasteiger partial charge in [0.05, 0.1) is 6.04 Å². The fourth-order valence-corrected chi connectivity index (χ4v) is 2.60. The van der Waals surface area contributed by atoms with Crippen molar-refractivity contribution >= 4 is 5.82 Å². The van der Waals surface area contributed by atoms with Gasteiger partial charge >= 0.3 is 11.6 Å². The standard InChI is InChI=1S/C12H7N5O5/c18-12-16(8-5-6-3-1-2-4-7(6)8)10(14-21-12)9-11(17(19)20)15-22-13-9/h1-4,8H,5H2. The maximum Gasteiger partial charge on any atom is 0.446 e. The van der Waals surface area contributed by atoms with Gasteiger partial charge in [-0.25, -0.2) is 9.36 Å². The van der Waals surface area contributed by atoms with E-state index in [1.165, 1.54) is 4.57 Å². The van der Waals surface area contributed by atoms with E-state index in [1.807, 2.05) is 24.3 Å². The number of aromatic nitrogens is 4. The highest BCUT2D eigenvalue weighted by molar-refractivity contribution is 5.59. The summed E-state index contributed by atoms with van der Waals surface area (Å²) in [6, 6.07) is 7.27. The summed E-state index contributed by atoms with van der Waals surface area (Å²) in [5.74, 6) is -1.40. The van der Waals surface area contributed by atoms with Gasteiger partial charge in [-0.3, -0.25) is 4.52 Å². The number of hydrogen-bond acceptors (Lipinski definition) is 8. The molecule has 1 unspecified atom stereocenters. The zero-order valence-electron chi connectivity index (χ0n) is 10.9. The normalized spacial score (nSPS) is 16.1. The monoisotopic (exact) mass is 301 g/mol. The topological polar surface area (TPSA) is 130 Å². The van der Waals surface area contributed by atoms with Crippen LogP contribution in [0.4, 0.5) is 5.82 Å². The summed E-state index contributed by atoms with van der Waals surface area (Å²) < 4.78 is 10.3. The number of benzene rings is 1. The molecule has 0 N–H and O–H groups in total. The molecule has 110 valence electrons. The largest absolute Gasteiger partial charge is 0.446 e. The number of fused-ring (bicyclic) bond motifs is 1. The summed E-state index contributed by atoms with van der Waals surface area (Å²) in [4.78, 5) is 22.1. The van der Waals surface area contributed by atoms with E-state index in [1.54, 1.807) is 0 Å². The smallest absolute Gasteiger partial charge is 0.358 e. The van der Waals surface area contributed by atoms with E-state index in [0.29, 0.717) is 6.42 Å². The predicted octanol–water partition coefficient (Wildman–Crippen LogP) is 0.940. The lowest BCUT2D eigenvalue weighted by Crippen LogP contribution is -2.31. The average Bonchev–Trinajstić information content (AvgIpc) is 3.08. The molecule has 2 aromatic heterocycles. The molecule has 3 aromatic rings. The molecule has 10 nitrogen and oxygen atoms in total. The fourth-order valence-electron chi connectivity index (χ4n) is 2.60. The van der Waals surface area contributed by atoms with Crippen molar-refractivity contribution < 1.29 is 14.1 Å². The van der Waals surface area contributed by atoms with Crippen LogP contribution >= 0.6 is 0 Å². The lowest BCUT2D eigenvalue weighted by atomic mass is 9.83. The first-order chi connectivity index (χ1) is 10.7. The summed E-state index contributed by atoms with van der Waals surface area (Å²) in [6.07, 6.45) is 0.601. The summed E-state index contributed by atoms with van der Waals surface area (Å²) in [7, 11) is 0. The van der Waals surface area contributed by atoms with Crippen molar-refractivity contribution in [2.24, 2.45) is 0 Å². The molecule has 1 aliphatic carbocycles. The van der Waals surface area contributed by atoms with E-state index < -0.39 is 16.5 Å². The first-order valence-corrected chi connectivity index (χ1v) is 6.30. The fraction of sp³-hybridized carbons (Fsp3) is 0.167. The van der Waals surface area contributed by atoms with Gasteiger partial charge in [-0.05, 0) is 27.6 Å². The third-order valence-corrected chi connectivity index (χ3v) is 3.63. The molecule has 22 heavy (non-hydrogen) atoms. The average molecular weight is 301 g/mol. The Morgan fingerprint density at radius 2 is 2.09 bits per heavy atom. The second-order valence-corrected chi connectivity index (χ2v) is 4.75. The van der Waals surface area contributed by atoms with Crippen LogP contribution in [0, 0.1) is 10.1 Å². The van der Waals surface area contributed by atoms with Crippen LogP contribution in [-0.2, 0) is 6.42 Å². The number of rotatable bonds is 3. The molecule has 1 atom stereocenters. The molecular formula is C12H7N5O5. The number of nitrogens with zero attached hydrogens (tertiary/aromatic N) is 5. The van der Waals surface area contributed by atoms with Crippen LogP contribution in [0.5, 0.6) is 0 Å². The van der Waals surface area contributed by atoms with Crippen molar-refractivity contribution in [2.75, 3.05) is 0 Å². The van der Waals surface area contributed by atoms with Gasteiger partial charge < -0.3 is 10.1 Å². The van der Waals surface area contributed by atoms with Gasteiger partial charge in [0.2, 0.25) is 5.82 Å². The first-order valence-electron chi connectivity index (χ1n) is 6.30. The summed E-state index contributed by atoms with van der Waals surface area (Å²) in [5.41, 5.74) is 1.80. The van der Waals surface area contributed by atoms with Crippen molar-refractivity contribution in [3.05, 3.63) is 56.1 Å². The Balaban J connectivity index is 1.86. The Morgan fingerprint density at radius 1 is 1.27 bits per heavy atom. The van der Waals surface area contributed by atoms with Crippen LogP contribution in [-0.4, -0.2) is 25.0 Å². The van der Waals surface area contributed by atoms with Gasteiger partial charge in [0.15, 0.2) is 5.16 Å². The molecule has 0 bridgehead atoms. The van der Waals surface area contributed by atoms with Crippen LogP contribution in [0.1, 0.15) is 17.2 Å². The lowest BCUT2D eigenvalue weighted by molar-refractivity contribution is -0.390. The highest BCUT2D eigenvalue weighted by Gasteiger charge is 2.36. The van der Waals surface area contributed by atoms with Crippen LogP contribution in [0.15, 0.2) is 38.2 Å². The molecule has 2 heterocycles. The Bertz CT molecular complexity index is 939. The zero-order valence-corrected chi connectivity index (χ0v) is 10.9. The van der Waals surface area contributed by atoms with Crippen LogP contribution in [0.3, 0.4) is 0 Å². The maximum atomic E-state index is 11.9. The molecule has 1 aliphatic rings. The van der Waals surface area contributed by atoms with E-state index in [0.717, 1.165) is 11.1 Å². The second-order valence-electron chi connectivity index (χ2n) is 4.75. The molecule has 0 saturated carbocycles. The van der Waals surface area contributed by atoms with Crippen LogP contribution in [0.25, 0.3) is 11.5 Å². The van der Waals surface area contributed by atoms with Crippen molar-refractivity contribution in [3.63, 3.8) is 0 Å². The molecule has 0 radical (unpaired) electrons. The minimum Gasteiger partial charge on any atom is -0.358 e. The Morgan fingerprint density at radius 3 is 2.86 bits per heavy atom. The molecule has 0 spiro atoms. The third kappa shape index (κ3) is 1.60. The molecular weight excluding hydrogens is 294 g/mol. The lowest BCUT2D eigenvalue weighted by Gasteiger charge is -2.30. The first kappa shape index (κ1) is 12.4. The van der Waals surface area contributed by atoms with E-state index in [9.17, 15) is 14.9 Å². The molecule has 10 heteroatoms. The number of hydrogen-bond donors (Lipinski definition) is 0. The van der Waals surface area contributed by atoms with Crippen molar-refractivity contribution in [1.82, 2.24) is 20.0 Å². The maximum absolute atomic E-state index is 11.9. The van der Waals surface area contributed by atoms with Crippen LogP contribution in [0.2, 0.25) is 0 Å². The summed E-state index contributed by atoms with van der Waals surface area (Å²) in [6.45, 7) is 0. The molecule has 0 amide bonds. The second kappa shape index (κ2) is 4.35. The van der Waals surface area contributed by atoms with E-state index in [-0.39, 0.29) is 17.6 Å². The molecule has 0 aliphatic heterocycles. The van der Waals surface area contributed by atoms with Gasteiger partial charge in [-0.15, -0.1) is 4.63 Å². The quantitative estimate of drug-likeness (QED) is 0.516. The van der Waals surface area contributed by atoms with Crippen LogP contribution < -0.4 is 5.76 Å². The van der Waals surface area contributed by atoms with Gasteiger partial charge in [-0.2, -0.15) is 0 Å². The molecule has 0 fully saturated rings. The van der Waals surface area contributed by atoms with Gasteiger partial charge in [0.1, 0.15) is 0 Å². The Hall–Kier alpha value is -3.30. The molecule has 1 aromatic carbocycles. The molecule has 0 saturated heterocycles. The van der Waals surface area contributed by atoms with E-state index >= 15 is 0 Å². The summed E-state index contributed by atoms with van der Waals surface area (Å²) >= 11 is 0. The summed E-state index contributed by atoms with van der Waals surface area (Å²) in [5, 5.41) is 21.2. The van der Waals surface area contributed by atoms with E-state index in [2.05, 4.69) is 24.6 Å². The van der Waals surface area contributed by atoms with Crippen molar-refractivity contribution in [2.45, 2.75) is 12.5 Å². The minimum atomic E-state index is -0.760. The van der Waals surface area contributed by atoms with Crippen molar-refractivity contribution in [1.29, 1.82) is 0 Å². The highest BCUT2D eigenvalue weighted by atomic mass is 16.6. The van der Waals surface area contributed by atoms with Gasteiger partial charge in [0, 0.05) is 0 Å².